The lowest BCUT2D eigenvalue weighted by Gasteiger charge is -2.40. The maximum absolute atomic E-state index is 13.6. The lowest BCUT2D eigenvalue weighted by atomic mass is 9.80. The van der Waals surface area contributed by atoms with Gasteiger partial charge < -0.3 is 14.5 Å². The quantitative estimate of drug-likeness (QED) is 0.590. The molecule has 0 radical (unpaired) electrons. The van der Waals surface area contributed by atoms with E-state index >= 15 is 0 Å². The smallest absolute Gasteiger partial charge is 0.410 e. The van der Waals surface area contributed by atoms with Gasteiger partial charge in [-0.05, 0) is 93.9 Å². The monoisotopic (exact) mass is 452 g/mol. The Morgan fingerprint density at radius 3 is 2.48 bits per heavy atom. The number of amides is 2. The summed E-state index contributed by atoms with van der Waals surface area (Å²) in [5.74, 6) is 0.907. The summed E-state index contributed by atoms with van der Waals surface area (Å²) in [6.45, 7) is 9.43. The number of ether oxygens (including phenoxy) is 1. The maximum Gasteiger partial charge on any atom is 0.410 e. The van der Waals surface area contributed by atoms with Crippen LogP contribution in [0.3, 0.4) is 0 Å². The van der Waals surface area contributed by atoms with E-state index in [0.29, 0.717) is 18.4 Å². The second-order valence-corrected chi connectivity index (χ2v) is 11.1. The molecule has 1 aliphatic heterocycles. The molecule has 3 aliphatic rings. The van der Waals surface area contributed by atoms with Crippen LogP contribution in [0.15, 0.2) is 29.8 Å². The van der Waals surface area contributed by atoms with Gasteiger partial charge in [-0.25, -0.2) is 4.79 Å². The summed E-state index contributed by atoms with van der Waals surface area (Å²) in [5, 5.41) is 0. The summed E-state index contributed by atoms with van der Waals surface area (Å²) >= 11 is 0. The summed E-state index contributed by atoms with van der Waals surface area (Å²) in [5.41, 5.74) is 5.33. The van der Waals surface area contributed by atoms with Crippen molar-refractivity contribution < 1.29 is 14.3 Å². The summed E-state index contributed by atoms with van der Waals surface area (Å²) < 4.78 is 5.48. The highest BCUT2D eigenvalue weighted by atomic mass is 16.6. The number of hydrogen-bond acceptors (Lipinski definition) is 3. The third-order valence-corrected chi connectivity index (χ3v) is 7.60. The fraction of sp³-hybridized carbons (Fsp3) is 0.643. The van der Waals surface area contributed by atoms with Gasteiger partial charge >= 0.3 is 6.09 Å². The molecule has 1 saturated carbocycles. The Morgan fingerprint density at radius 2 is 1.82 bits per heavy atom. The van der Waals surface area contributed by atoms with E-state index < -0.39 is 5.60 Å². The molecule has 5 heteroatoms. The van der Waals surface area contributed by atoms with Crippen LogP contribution in [-0.2, 0) is 16.0 Å². The molecule has 180 valence electrons. The van der Waals surface area contributed by atoms with Gasteiger partial charge in [-0.15, -0.1) is 0 Å². The van der Waals surface area contributed by atoms with Crippen molar-refractivity contribution in [3.63, 3.8) is 0 Å². The first kappa shape index (κ1) is 23.8. The summed E-state index contributed by atoms with van der Waals surface area (Å²) in [6, 6.07) is 8.98. The maximum atomic E-state index is 13.6. The number of hydrogen-bond donors (Lipinski definition) is 0. The van der Waals surface area contributed by atoms with Crippen molar-refractivity contribution in [2.24, 2.45) is 11.8 Å². The number of rotatable bonds is 4. The zero-order chi connectivity index (χ0) is 23.8. The molecule has 2 aliphatic carbocycles. The number of benzene rings is 1. The molecular weight excluding hydrogens is 412 g/mol. The normalized spacial score (nSPS) is 24.9. The minimum atomic E-state index is -0.477. The molecular formula is C28H40N2O3. The second kappa shape index (κ2) is 9.52. The predicted molar refractivity (Wildman–Crippen MR) is 132 cm³/mol. The van der Waals surface area contributed by atoms with Crippen LogP contribution in [0.1, 0.15) is 77.3 Å². The van der Waals surface area contributed by atoms with E-state index in [1.165, 1.54) is 22.3 Å². The predicted octanol–water partition coefficient (Wildman–Crippen LogP) is 5.68. The Labute approximate surface area is 199 Å². The van der Waals surface area contributed by atoms with Gasteiger partial charge in [-0.3, -0.25) is 4.79 Å². The standard InChI is InChI=1S/C28H40N2O3/c1-6-25-24-17-21-9-7-8-10-22(21)23(24)15-16-30(25)26(31)20-13-11-19(12-14-20)18-29(5)27(32)33-28(2,3)4/h7-10,19-20,25H,6,11-18H2,1-5H3. The molecule has 4 rings (SSSR count). The van der Waals surface area contributed by atoms with Crippen molar-refractivity contribution in [2.45, 2.75) is 84.3 Å². The average molecular weight is 453 g/mol. The Balaban J connectivity index is 1.33. The molecule has 33 heavy (non-hydrogen) atoms. The van der Waals surface area contributed by atoms with Gasteiger partial charge in [0.05, 0.1) is 6.04 Å². The SMILES string of the molecule is CCC1C2=C(CCN1C(=O)C1CCC(CN(C)C(=O)OC(C)(C)C)CC1)c1ccccc1C2. The fourth-order valence-electron chi connectivity index (χ4n) is 6.00. The molecule has 5 nitrogen and oxygen atoms in total. The van der Waals surface area contributed by atoms with Gasteiger partial charge in [-0.2, -0.15) is 0 Å². The van der Waals surface area contributed by atoms with Crippen molar-refractivity contribution >= 4 is 17.6 Å². The third-order valence-electron chi connectivity index (χ3n) is 7.60. The van der Waals surface area contributed by atoms with E-state index in [4.69, 9.17) is 4.74 Å². The van der Waals surface area contributed by atoms with Gasteiger partial charge in [0, 0.05) is 26.1 Å². The first-order valence-electron chi connectivity index (χ1n) is 12.7. The summed E-state index contributed by atoms with van der Waals surface area (Å²) in [6.07, 6.45) is 6.52. The molecule has 2 amide bonds. The van der Waals surface area contributed by atoms with Crippen molar-refractivity contribution in [3.05, 3.63) is 41.0 Å². The van der Waals surface area contributed by atoms with Crippen LogP contribution < -0.4 is 0 Å². The van der Waals surface area contributed by atoms with Crippen LogP contribution >= 0.6 is 0 Å². The van der Waals surface area contributed by atoms with Crippen LogP contribution in [0.2, 0.25) is 0 Å². The first-order chi connectivity index (χ1) is 15.7. The number of nitrogens with zero attached hydrogens (tertiary/aromatic N) is 2. The van der Waals surface area contributed by atoms with E-state index in [9.17, 15) is 9.59 Å². The topological polar surface area (TPSA) is 49.9 Å². The molecule has 0 N–H and O–H groups in total. The van der Waals surface area contributed by atoms with Crippen LogP contribution in [0.5, 0.6) is 0 Å². The molecule has 0 aromatic heterocycles. The van der Waals surface area contributed by atoms with E-state index in [-0.39, 0.29) is 18.1 Å². The average Bonchev–Trinajstić information content (AvgIpc) is 3.16. The van der Waals surface area contributed by atoms with Gasteiger partial charge in [0.25, 0.3) is 0 Å². The van der Waals surface area contributed by atoms with Crippen molar-refractivity contribution in [1.82, 2.24) is 9.80 Å². The third kappa shape index (κ3) is 5.12. The van der Waals surface area contributed by atoms with Crippen molar-refractivity contribution in [1.29, 1.82) is 0 Å². The number of fused-ring (bicyclic) bond motifs is 2. The molecule has 0 saturated heterocycles. The zero-order valence-electron chi connectivity index (χ0n) is 21.0. The molecule has 0 bridgehead atoms. The van der Waals surface area contributed by atoms with Crippen molar-refractivity contribution in [2.75, 3.05) is 20.1 Å². The van der Waals surface area contributed by atoms with E-state index in [1.54, 1.807) is 4.90 Å². The lowest BCUT2D eigenvalue weighted by molar-refractivity contribution is -0.138. The van der Waals surface area contributed by atoms with E-state index in [1.807, 2.05) is 27.8 Å². The largest absolute Gasteiger partial charge is 0.444 e. The highest BCUT2D eigenvalue weighted by Crippen LogP contribution is 2.42. The van der Waals surface area contributed by atoms with Crippen LogP contribution in [-0.4, -0.2) is 53.6 Å². The van der Waals surface area contributed by atoms with Crippen LogP contribution in [0.4, 0.5) is 4.79 Å². The molecule has 0 spiro atoms. The summed E-state index contributed by atoms with van der Waals surface area (Å²) in [4.78, 5) is 29.8. The minimum absolute atomic E-state index is 0.119. The van der Waals surface area contributed by atoms with Crippen LogP contribution in [0.25, 0.3) is 5.57 Å². The Kier molecular flexibility index (Phi) is 6.88. The van der Waals surface area contributed by atoms with Gasteiger partial charge in [0.15, 0.2) is 0 Å². The van der Waals surface area contributed by atoms with Gasteiger partial charge in [0.1, 0.15) is 5.60 Å². The number of carbonyl (C=O) groups is 2. The zero-order valence-corrected chi connectivity index (χ0v) is 21.0. The molecule has 1 aromatic carbocycles. The highest BCUT2D eigenvalue weighted by molar-refractivity contribution is 5.84. The number of carbonyl (C=O) groups excluding carboxylic acids is 2. The molecule has 1 atom stereocenters. The van der Waals surface area contributed by atoms with E-state index in [0.717, 1.165) is 51.5 Å². The Bertz CT molecular complexity index is 921. The first-order valence-corrected chi connectivity index (χ1v) is 12.7. The van der Waals surface area contributed by atoms with E-state index in [2.05, 4.69) is 36.1 Å². The van der Waals surface area contributed by atoms with Gasteiger partial charge in [-0.1, -0.05) is 31.2 Å². The van der Waals surface area contributed by atoms with Gasteiger partial charge in [0.2, 0.25) is 5.91 Å². The second-order valence-electron chi connectivity index (χ2n) is 11.1. The van der Waals surface area contributed by atoms with Crippen molar-refractivity contribution in [3.8, 4) is 0 Å². The van der Waals surface area contributed by atoms with Crippen LogP contribution in [0, 0.1) is 11.8 Å². The molecule has 1 heterocycles. The molecule has 1 aromatic rings. The molecule has 1 unspecified atom stereocenters. The highest BCUT2D eigenvalue weighted by Gasteiger charge is 2.39. The fourth-order valence-corrected chi connectivity index (χ4v) is 6.00. The molecule has 1 fully saturated rings. The lowest BCUT2D eigenvalue weighted by Crippen LogP contribution is -2.48. The summed E-state index contributed by atoms with van der Waals surface area (Å²) in [7, 11) is 1.82. The Hall–Kier alpha value is -2.30. The Morgan fingerprint density at radius 1 is 1.12 bits per heavy atom. The minimum Gasteiger partial charge on any atom is -0.444 e.